The van der Waals surface area contributed by atoms with Crippen molar-refractivity contribution in [2.24, 2.45) is 11.3 Å². The van der Waals surface area contributed by atoms with Gasteiger partial charge in [0.25, 0.3) is 0 Å². The number of carbonyl (C=O) groups is 1. The van der Waals surface area contributed by atoms with Gasteiger partial charge in [-0.2, -0.15) is 0 Å². The normalized spacial score (nSPS) is 31.4. The van der Waals surface area contributed by atoms with E-state index in [2.05, 4.69) is 29.4 Å². The number of piperidine rings is 1. The van der Waals surface area contributed by atoms with E-state index >= 15 is 0 Å². The minimum atomic E-state index is 0.219. The third-order valence-electron chi connectivity index (χ3n) is 4.73. The van der Waals surface area contributed by atoms with Gasteiger partial charge in [0.15, 0.2) is 0 Å². The summed E-state index contributed by atoms with van der Waals surface area (Å²) in [5, 5.41) is 6.58. The molecule has 116 valence electrons. The van der Waals surface area contributed by atoms with Gasteiger partial charge in [0.1, 0.15) is 0 Å². The lowest BCUT2D eigenvalue weighted by molar-refractivity contribution is -0.121. The molecule has 4 heteroatoms. The van der Waals surface area contributed by atoms with Gasteiger partial charge in [0.05, 0.1) is 0 Å². The van der Waals surface area contributed by atoms with Gasteiger partial charge in [-0.15, -0.1) is 0 Å². The summed E-state index contributed by atoms with van der Waals surface area (Å²) in [6.07, 6.45) is 5.44. The van der Waals surface area contributed by atoms with Crippen molar-refractivity contribution in [3.8, 4) is 0 Å². The highest BCUT2D eigenvalue weighted by Crippen LogP contribution is 2.28. The topological polar surface area (TPSA) is 44.4 Å². The summed E-state index contributed by atoms with van der Waals surface area (Å²) >= 11 is 0. The quantitative estimate of drug-likeness (QED) is 0.777. The van der Waals surface area contributed by atoms with E-state index in [0.29, 0.717) is 17.8 Å². The molecule has 0 aromatic carbocycles. The summed E-state index contributed by atoms with van der Waals surface area (Å²) in [6, 6.07) is 0. The van der Waals surface area contributed by atoms with E-state index in [1.54, 1.807) is 0 Å². The predicted molar refractivity (Wildman–Crippen MR) is 82.7 cm³/mol. The van der Waals surface area contributed by atoms with Crippen LogP contribution in [0.3, 0.4) is 0 Å². The van der Waals surface area contributed by atoms with Gasteiger partial charge in [-0.25, -0.2) is 0 Å². The van der Waals surface area contributed by atoms with E-state index in [-0.39, 0.29) is 5.91 Å². The molecular weight excluding hydrogens is 250 g/mol. The molecule has 2 saturated heterocycles. The summed E-state index contributed by atoms with van der Waals surface area (Å²) in [6.45, 7) is 11.2. The molecule has 2 heterocycles. The number of nitrogens with one attached hydrogen (secondary N) is 2. The van der Waals surface area contributed by atoms with Gasteiger partial charge in [-0.1, -0.05) is 13.8 Å². The van der Waals surface area contributed by atoms with Crippen molar-refractivity contribution >= 4 is 5.91 Å². The van der Waals surface area contributed by atoms with Crippen LogP contribution in [0.4, 0.5) is 0 Å². The molecule has 0 aromatic rings. The number of carbonyl (C=O) groups excluding carboxylic acids is 1. The van der Waals surface area contributed by atoms with Crippen LogP contribution in [-0.4, -0.2) is 50.1 Å². The largest absolute Gasteiger partial charge is 0.356 e. The first kappa shape index (κ1) is 15.8. The zero-order chi connectivity index (χ0) is 14.4. The van der Waals surface area contributed by atoms with E-state index in [4.69, 9.17) is 0 Å². The van der Waals surface area contributed by atoms with Crippen molar-refractivity contribution in [2.45, 2.75) is 46.0 Å². The SMILES string of the molecule is CCCC(=O)NCC1CCCN(CC2(C)CCNC2)C1. The van der Waals surface area contributed by atoms with Crippen LogP contribution in [0.5, 0.6) is 0 Å². The molecule has 2 unspecified atom stereocenters. The van der Waals surface area contributed by atoms with Crippen LogP contribution in [-0.2, 0) is 4.79 Å². The monoisotopic (exact) mass is 281 g/mol. The van der Waals surface area contributed by atoms with Crippen molar-refractivity contribution in [3.63, 3.8) is 0 Å². The summed E-state index contributed by atoms with van der Waals surface area (Å²) in [5.41, 5.74) is 0.452. The first-order valence-corrected chi connectivity index (χ1v) is 8.31. The zero-order valence-corrected chi connectivity index (χ0v) is 13.2. The Morgan fingerprint density at radius 3 is 3.05 bits per heavy atom. The van der Waals surface area contributed by atoms with E-state index in [9.17, 15) is 4.79 Å². The van der Waals surface area contributed by atoms with Crippen LogP contribution in [0.2, 0.25) is 0 Å². The first-order valence-electron chi connectivity index (χ1n) is 8.31. The van der Waals surface area contributed by atoms with Gasteiger partial charge in [0.2, 0.25) is 5.91 Å². The second-order valence-electron chi connectivity index (χ2n) is 7.03. The number of hydrogen-bond donors (Lipinski definition) is 2. The molecule has 2 fully saturated rings. The second-order valence-corrected chi connectivity index (χ2v) is 7.03. The maximum absolute atomic E-state index is 11.6. The Bertz CT molecular complexity index is 313. The van der Waals surface area contributed by atoms with E-state index in [0.717, 1.165) is 26.1 Å². The molecule has 20 heavy (non-hydrogen) atoms. The molecular formula is C16H31N3O. The van der Waals surface area contributed by atoms with Gasteiger partial charge in [-0.3, -0.25) is 4.79 Å². The van der Waals surface area contributed by atoms with E-state index in [1.807, 2.05) is 0 Å². The predicted octanol–water partition coefficient (Wildman–Crippen LogP) is 1.61. The lowest BCUT2D eigenvalue weighted by Gasteiger charge is -2.37. The van der Waals surface area contributed by atoms with Crippen LogP contribution in [0.15, 0.2) is 0 Å². The van der Waals surface area contributed by atoms with Crippen LogP contribution in [0.25, 0.3) is 0 Å². The molecule has 4 nitrogen and oxygen atoms in total. The standard InChI is InChI=1S/C16H31N3O/c1-3-5-15(20)18-10-14-6-4-9-19(11-14)13-16(2)7-8-17-12-16/h14,17H,3-13H2,1-2H3,(H,18,20). The highest BCUT2D eigenvalue weighted by atomic mass is 16.1. The van der Waals surface area contributed by atoms with Crippen molar-refractivity contribution in [3.05, 3.63) is 0 Å². The Morgan fingerprint density at radius 2 is 2.35 bits per heavy atom. The lowest BCUT2D eigenvalue weighted by atomic mass is 9.87. The van der Waals surface area contributed by atoms with Crippen molar-refractivity contribution in [1.29, 1.82) is 0 Å². The number of amides is 1. The van der Waals surface area contributed by atoms with Gasteiger partial charge >= 0.3 is 0 Å². The lowest BCUT2D eigenvalue weighted by Crippen LogP contribution is -2.45. The van der Waals surface area contributed by atoms with Crippen LogP contribution < -0.4 is 10.6 Å². The molecule has 0 spiro atoms. The molecule has 1 amide bonds. The van der Waals surface area contributed by atoms with Crippen LogP contribution in [0.1, 0.15) is 46.0 Å². The maximum atomic E-state index is 11.6. The zero-order valence-electron chi connectivity index (χ0n) is 13.2. The van der Waals surface area contributed by atoms with Crippen molar-refractivity contribution < 1.29 is 4.79 Å². The number of rotatable bonds is 6. The molecule has 2 N–H and O–H groups in total. The second kappa shape index (κ2) is 7.41. The minimum Gasteiger partial charge on any atom is -0.356 e. The highest BCUT2D eigenvalue weighted by Gasteiger charge is 2.32. The number of hydrogen-bond acceptors (Lipinski definition) is 3. The Balaban J connectivity index is 1.72. The fraction of sp³-hybridized carbons (Fsp3) is 0.938. The Labute approximate surface area is 123 Å². The molecule has 0 saturated carbocycles. The highest BCUT2D eigenvalue weighted by molar-refractivity contribution is 5.75. The molecule has 2 atom stereocenters. The van der Waals surface area contributed by atoms with E-state index < -0.39 is 0 Å². The molecule has 0 bridgehead atoms. The molecule has 2 aliphatic heterocycles. The summed E-state index contributed by atoms with van der Waals surface area (Å²) in [5.74, 6) is 0.860. The third-order valence-corrected chi connectivity index (χ3v) is 4.73. The fourth-order valence-corrected chi connectivity index (χ4v) is 3.58. The van der Waals surface area contributed by atoms with Crippen molar-refractivity contribution in [1.82, 2.24) is 15.5 Å². The maximum Gasteiger partial charge on any atom is 0.219 e. The molecule has 0 aromatic heterocycles. The number of nitrogens with zero attached hydrogens (tertiary/aromatic N) is 1. The molecule has 0 aliphatic carbocycles. The van der Waals surface area contributed by atoms with Gasteiger partial charge in [0, 0.05) is 32.6 Å². The van der Waals surface area contributed by atoms with Gasteiger partial charge < -0.3 is 15.5 Å². The average Bonchev–Trinajstić information content (AvgIpc) is 2.84. The summed E-state index contributed by atoms with van der Waals surface area (Å²) < 4.78 is 0. The van der Waals surface area contributed by atoms with E-state index in [1.165, 1.54) is 38.9 Å². The third kappa shape index (κ3) is 4.74. The Hall–Kier alpha value is -0.610. The molecule has 0 radical (unpaired) electrons. The Kier molecular flexibility index (Phi) is 5.85. The Morgan fingerprint density at radius 1 is 1.50 bits per heavy atom. The summed E-state index contributed by atoms with van der Waals surface area (Å²) in [7, 11) is 0. The molecule has 2 rings (SSSR count). The fourth-order valence-electron chi connectivity index (χ4n) is 3.58. The van der Waals surface area contributed by atoms with Gasteiger partial charge in [-0.05, 0) is 50.1 Å². The number of likely N-dealkylation sites (tertiary alicyclic amines) is 1. The van der Waals surface area contributed by atoms with Crippen molar-refractivity contribution in [2.75, 3.05) is 39.3 Å². The molecule has 2 aliphatic rings. The van der Waals surface area contributed by atoms with Crippen LogP contribution in [0, 0.1) is 11.3 Å². The smallest absolute Gasteiger partial charge is 0.219 e. The average molecular weight is 281 g/mol. The van der Waals surface area contributed by atoms with Crippen LogP contribution >= 0.6 is 0 Å². The summed E-state index contributed by atoms with van der Waals surface area (Å²) in [4.78, 5) is 14.2. The first-order chi connectivity index (χ1) is 9.61. The minimum absolute atomic E-state index is 0.219.